The van der Waals surface area contributed by atoms with Crippen molar-refractivity contribution in [2.75, 3.05) is 11.5 Å². The maximum atomic E-state index is 13.5. The second kappa shape index (κ2) is 13.1. The normalized spacial score (nSPS) is 16.3. The number of thioether (sulfide) groups is 1. The van der Waals surface area contributed by atoms with Gasteiger partial charge in [0.2, 0.25) is 5.13 Å². The van der Waals surface area contributed by atoms with E-state index in [4.69, 9.17) is 4.74 Å². The van der Waals surface area contributed by atoms with Crippen molar-refractivity contribution in [3.05, 3.63) is 107 Å². The van der Waals surface area contributed by atoms with Crippen molar-refractivity contribution in [2.24, 2.45) is 0 Å². The molecule has 0 bridgehead atoms. The minimum atomic E-state index is -0.870. The first-order valence-corrected chi connectivity index (χ1v) is 15.4. The number of carbonyl (C=O) groups is 2. The molecule has 7 nitrogen and oxygen atoms in total. The number of hydrogen-bond acceptors (Lipinski definition) is 8. The molecule has 1 aliphatic rings. The van der Waals surface area contributed by atoms with Gasteiger partial charge < -0.3 is 9.84 Å². The average molecular weight is 586 g/mol. The Morgan fingerprint density at radius 1 is 0.976 bits per heavy atom. The van der Waals surface area contributed by atoms with Crippen LogP contribution < -0.4 is 9.64 Å². The summed E-state index contributed by atoms with van der Waals surface area (Å²) in [7, 11) is 0. The number of nitrogens with zero attached hydrogens (tertiary/aromatic N) is 3. The number of unbranched alkanes of at least 4 members (excludes halogenated alkanes) is 2. The van der Waals surface area contributed by atoms with Gasteiger partial charge in [0.1, 0.15) is 11.5 Å². The number of aliphatic hydroxyl groups is 1. The van der Waals surface area contributed by atoms with Gasteiger partial charge in [0.25, 0.3) is 5.78 Å². The lowest BCUT2D eigenvalue weighted by atomic mass is 9.95. The molecule has 1 aliphatic heterocycles. The molecular formula is C32H31N3O4S2. The standard InChI is InChI=1S/C32H31N3O4S2/c1-3-4-8-19-39-25-17-15-23(16-18-25)27-26(28(36)24-13-11-21(2)12-14-24)29(37)30(38)35(27)31-33-34-32(41-31)40-20-22-9-6-5-7-10-22/h5-7,9-18,27,36H,3-4,8,19-20H2,1-2H3/b28-26-. The number of carbonyl (C=O) groups excluding carboxylic acids is 2. The third-order valence-electron chi connectivity index (χ3n) is 6.79. The number of rotatable bonds is 11. The Bertz CT molecular complexity index is 1530. The van der Waals surface area contributed by atoms with Crippen LogP contribution in [0.2, 0.25) is 0 Å². The number of aromatic nitrogens is 2. The smallest absolute Gasteiger partial charge is 0.301 e. The topological polar surface area (TPSA) is 92.6 Å². The highest BCUT2D eigenvalue weighted by atomic mass is 32.2. The van der Waals surface area contributed by atoms with Gasteiger partial charge in [-0.3, -0.25) is 14.5 Å². The second-order valence-electron chi connectivity index (χ2n) is 9.78. The lowest BCUT2D eigenvalue weighted by Crippen LogP contribution is -2.29. The maximum Gasteiger partial charge on any atom is 0.301 e. The van der Waals surface area contributed by atoms with Gasteiger partial charge in [-0.25, -0.2) is 0 Å². The molecule has 0 radical (unpaired) electrons. The van der Waals surface area contributed by atoms with Crippen molar-refractivity contribution in [3.63, 3.8) is 0 Å². The molecule has 4 aromatic rings. The summed E-state index contributed by atoms with van der Waals surface area (Å²) >= 11 is 2.76. The summed E-state index contributed by atoms with van der Waals surface area (Å²) in [5.74, 6) is -0.332. The molecule has 1 atom stereocenters. The number of ether oxygens (including phenoxy) is 1. The summed E-state index contributed by atoms with van der Waals surface area (Å²) in [5.41, 5.74) is 3.30. The first kappa shape index (κ1) is 28.6. The molecule has 1 aromatic heterocycles. The molecule has 3 aromatic carbocycles. The number of amides is 1. The lowest BCUT2D eigenvalue weighted by molar-refractivity contribution is -0.132. The molecular weight excluding hydrogens is 555 g/mol. The maximum absolute atomic E-state index is 13.5. The van der Waals surface area contributed by atoms with Gasteiger partial charge in [-0.2, -0.15) is 0 Å². The third kappa shape index (κ3) is 6.52. The Kier molecular flexibility index (Phi) is 9.16. The zero-order valence-electron chi connectivity index (χ0n) is 22.9. The van der Waals surface area contributed by atoms with Gasteiger partial charge in [-0.15, -0.1) is 10.2 Å². The number of anilines is 1. The average Bonchev–Trinajstić information content (AvgIpc) is 3.57. The second-order valence-corrected chi connectivity index (χ2v) is 12.0. The predicted octanol–water partition coefficient (Wildman–Crippen LogP) is 7.33. The molecule has 5 rings (SSSR count). The van der Waals surface area contributed by atoms with Crippen LogP contribution in [-0.2, 0) is 15.3 Å². The van der Waals surface area contributed by atoms with Crippen molar-refractivity contribution in [1.82, 2.24) is 10.2 Å². The largest absolute Gasteiger partial charge is 0.507 e. The van der Waals surface area contributed by atoms with Gasteiger partial charge >= 0.3 is 5.91 Å². The van der Waals surface area contributed by atoms with E-state index in [1.165, 1.54) is 28.0 Å². The Morgan fingerprint density at radius 3 is 2.41 bits per heavy atom. The summed E-state index contributed by atoms with van der Waals surface area (Å²) in [5, 5.41) is 20.2. The molecule has 2 heterocycles. The van der Waals surface area contributed by atoms with E-state index in [0.717, 1.165) is 30.4 Å². The first-order chi connectivity index (χ1) is 20.0. The van der Waals surface area contributed by atoms with Crippen molar-refractivity contribution in [1.29, 1.82) is 0 Å². The van der Waals surface area contributed by atoms with E-state index in [9.17, 15) is 14.7 Å². The van der Waals surface area contributed by atoms with Crippen molar-refractivity contribution in [3.8, 4) is 5.75 Å². The van der Waals surface area contributed by atoms with E-state index in [2.05, 4.69) is 17.1 Å². The SMILES string of the molecule is CCCCCOc1ccc(C2/C(=C(/O)c3ccc(C)cc3)C(=O)C(=O)N2c2nnc(SCc3ccccc3)s2)cc1. The lowest BCUT2D eigenvalue weighted by Gasteiger charge is -2.22. The fraction of sp³-hybridized carbons (Fsp3) is 0.250. The number of aliphatic hydroxyl groups excluding tert-OH is 1. The number of aryl methyl sites for hydroxylation is 1. The van der Waals surface area contributed by atoms with Crippen LogP contribution in [0.1, 0.15) is 54.5 Å². The Labute approximate surface area is 247 Å². The minimum absolute atomic E-state index is 0.0177. The van der Waals surface area contributed by atoms with Crippen LogP contribution in [-0.4, -0.2) is 33.6 Å². The van der Waals surface area contributed by atoms with Crippen LogP contribution in [0.15, 0.2) is 88.8 Å². The van der Waals surface area contributed by atoms with Crippen LogP contribution in [0, 0.1) is 6.92 Å². The Morgan fingerprint density at radius 2 is 1.71 bits per heavy atom. The van der Waals surface area contributed by atoms with Gasteiger partial charge in [0.15, 0.2) is 4.34 Å². The molecule has 1 amide bonds. The highest BCUT2D eigenvalue weighted by Gasteiger charge is 2.48. The highest BCUT2D eigenvalue weighted by molar-refractivity contribution is 8.00. The van der Waals surface area contributed by atoms with E-state index in [-0.39, 0.29) is 11.3 Å². The predicted molar refractivity (Wildman–Crippen MR) is 163 cm³/mol. The highest BCUT2D eigenvalue weighted by Crippen LogP contribution is 2.44. The van der Waals surface area contributed by atoms with Crippen LogP contribution in [0.5, 0.6) is 5.75 Å². The number of Topliss-reactive ketones (excluding diaryl/α,β-unsaturated/α-hetero) is 1. The summed E-state index contributed by atoms with van der Waals surface area (Å²) in [6, 6.07) is 23.6. The monoisotopic (exact) mass is 585 g/mol. The van der Waals surface area contributed by atoms with Crippen molar-refractivity contribution < 1.29 is 19.4 Å². The molecule has 41 heavy (non-hydrogen) atoms. The Hall–Kier alpha value is -3.95. The van der Waals surface area contributed by atoms with Crippen LogP contribution >= 0.6 is 23.1 Å². The summed E-state index contributed by atoms with van der Waals surface area (Å²) in [6.07, 6.45) is 3.18. The van der Waals surface area contributed by atoms with E-state index in [1.54, 1.807) is 12.1 Å². The minimum Gasteiger partial charge on any atom is -0.507 e. The van der Waals surface area contributed by atoms with Gasteiger partial charge in [0.05, 0.1) is 18.2 Å². The molecule has 1 fully saturated rings. The number of ketones is 1. The van der Waals surface area contributed by atoms with Gasteiger partial charge in [-0.05, 0) is 36.6 Å². The molecule has 1 saturated heterocycles. The number of benzene rings is 3. The van der Waals surface area contributed by atoms with E-state index >= 15 is 0 Å². The zero-order chi connectivity index (χ0) is 28.8. The summed E-state index contributed by atoms with van der Waals surface area (Å²) in [4.78, 5) is 28.3. The summed E-state index contributed by atoms with van der Waals surface area (Å²) in [6.45, 7) is 4.70. The van der Waals surface area contributed by atoms with Crippen LogP contribution in [0.4, 0.5) is 5.13 Å². The third-order valence-corrected chi connectivity index (χ3v) is 8.92. The number of hydrogen-bond donors (Lipinski definition) is 1. The Balaban J connectivity index is 1.49. The van der Waals surface area contributed by atoms with E-state index < -0.39 is 17.7 Å². The van der Waals surface area contributed by atoms with Gasteiger partial charge in [-0.1, -0.05) is 115 Å². The first-order valence-electron chi connectivity index (χ1n) is 13.6. The molecule has 9 heteroatoms. The van der Waals surface area contributed by atoms with Gasteiger partial charge in [0, 0.05) is 11.3 Å². The fourth-order valence-electron chi connectivity index (χ4n) is 4.58. The molecule has 0 saturated carbocycles. The zero-order valence-corrected chi connectivity index (χ0v) is 24.6. The molecule has 0 aliphatic carbocycles. The molecule has 1 unspecified atom stereocenters. The quantitative estimate of drug-likeness (QED) is 0.0492. The summed E-state index contributed by atoms with van der Waals surface area (Å²) < 4.78 is 6.55. The van der Waals surface area contributed by atoms with Crippen molar-refractivity contribution >= 4 is 45.7 Å². The fourth-order valence-corrected chi connectivity index (χ4v) is 6.40. The van der Waals surface area contributed by atoms with E-state index in [0.29, 0.717) is 38.7 Å². The van der Waals surface area contributed by atoms with E-state index in [1.807, 2.05) is 73.7 Å². The molecule has 210 valence electrons. The van der Waals surface area contributed by atoms with Crippen molar-refractivity contribution in [2.45, 2.75) is 49.2 Å². The molecule has 1 N–H and O–H groups in total. The van der Waals surface area contributed by atoms with Crippen LogP contribution in [0.25, 0.3) is 5.76 Å². The van der Waals surface area contributed by atoms with Crippen LogP contribution in [0.3, 0.4) is 0 Å². The molecule has 0 spiro atoms.